The second kappa shape index (κ2) is 4.77. The van der Waals surface area contributed by atoms with Crippen LogP contribution in [0.15, 0.2) is 3.92 Å². The largest absolute Gasteiger partial charge is 0.466 e. The molecule has 1 rings (SSSR count). The Morgan fingerprint density at radius 3 is 2.83 bits per heavy atom. The lowest BCUT2D eigenvalue weighted by atomic mass is 10.2. The van der Waals surface area contributed by atoms with Crippen LogP contribution in [0.2, 0.25) is 0 Å². The van der Waals surface area contributed by atoms with Crippen molar-refractivity contribution in [2.24, 2.45) is 0 Å². The Labute approximate surface area is 84.3 Å². The molecule has 0 saturated heterocycles. The lowest BCUT2D eigenvalue weighted by Gasteiger charge is -2.09. The fourth-order valence-corrected chi connectivity index (χ4v) is 1.89. The summed E-state index contributed by atoms with van der Waals surface area (Å²) in [6.45, 7) is 4.18. The van der Waals surface area contributed by atoms with Crippen molar-refractivity contribution in [3.63, 3.8) is 0 Å². The highest BCUT2D eigenvalue weighted by molar-refractivity contribution is 9.11. The van der Waals surface area contributed by atoms with Crippen molar-refractivity contribution in [3.8, 4) is 5.19 Å². The van der Waals surface area contributed by atoms with Gasteiger partial charge in [-0.05, 0) is 40.6 Å². The molecule has 1 aromatic heterocycles. The molecule has 0 bridgehead atoms. The van der Waals surface area contributed by atoms with Gasteiger partial charge in [0.2, 0.25) is 0 Å². The smallest absolute Gasteiger partial charge is 0.295 e. The van der Waals surface area contributed by atoms with Gasteiger partial charge in [-0.15, -0.1) is 5.10 Å². The van der Waals surface area contributed by atoms with E-state index in [2.05, 4.69) is 33.1 Å². The first kappa shape index (κ1) is 9.92. The van der Waals surface area contributed by atoms with E-state index in [1.54, 1.807) is 0 Å². The van der Waals surface area contributed by atoms with Crippen LogP contribution in [-0.2, 0) is 0 Å². The summed E-state index contributed by atoms with van der Waals surface area (Å²) in [6, 6.07) is 0. The predicted octanol–water partition coefficient (Wildman–Crippen LogP) is 2.87. The van der Waals surface area contributed by atoms with Crippen LogP contribution in [0.5, 0.6) is 5.19 Å². The molecule has 0 aromatic carbocycles. The van der Waals surface area contributed by atoms with Crippen LogP contribution in [0, 0.1) is 0 Å². The lowest BCUT2D eigenvalue weighted by Crippen LogP contribution is -2.10. The zero-order valence-corrected chi connectivity index (χ0v) is 9.48. The van der Waals surface area contributed by atoms with Gasteiger partial charge in [-0.25, -0.2) is 0 Å². The number of aromatic nitrogens is 2. The van der Waals surface area contributed by atoms with E-state index in [1.165, 1.54) is 11.3 Å². The highest BCUT2D eigenvalue weighted by Crippen LogP contribution is 2.23. The third kappa shape index (κ3) is 3.06. The molecule has 1 heterocycles. The third-order valence-corrected chi connectivity index (χ3v) is 2.63. The van der Waals surface area contributed by atoms with E-state index in [-0.39, 0.29) is 6.10 Å². The Kier molecular flexibility index (Phi) is 3.94. The molecule has 0 aliphatic rings. The normalized spacial score (nSPS) is 12.9. The van der Waals surface area contributed by atoms with Crippen LogP contribution < -0.4 is 4.74 Å². The first-order valence-corrected chi connectivity index (χ1v) is 5.49. The van der Waals surface area contributed by atoms with E-state index in [4.69, 9.17) is 4.74 Å². The fraction of sp³-hybridized carbons (Fsp3) is 0.714. The molecule has 1 unspecified atom stereocenters. The average Bonchev–Trinajstić information content (AvgIpc) is 2.36. The molecular formula is C7H11BrN2OS. The Morgan fingerprint density at radius 2 is 2.33 bits per heavy atom. The van der Waals surface area contributed by atoms with E-state index in [9.17, 15) is 0 Å². The summed E-state index contributed by atoms with van der Waals surface area (Å²) < 4.78 is 6.26. The van der Waals surface area contributed by atoms with Crippen molar-refractivity contribution < 1.29 is 4.74 Å². The summed E-state index contributed by atoms with van der Waals surface area (Å²) in [7, 11) is 0. The van der Waals surface area contributed by atoms with E-state index < -0.39 is 0 Å². The van der Waals surface area contributed by atoms with Crippen molar-refractivity contribution in [2.45, 2.75) is 32.8 Å². The highest BCUT2D eigenvalue weighted by Gasteiger charge is 2.06. The standard InChI is InChI=1S/C7H11BrN2OS/c1-3-4-5(2)11-7-10-9-6(8)12-7/h5H,3-4H2,1-2H3. The summed E-state index contributed by atoms with van der Waals surface area (Å²) in [5, 5.41) is 8.27. The van der Waals surface area contributed by atoms with Gasteiger partial charge < -0.3 is 4.74 Å². The molecular weight excluding hydrogens is 240 g/mol. The molecule has 0 amide bonds. The van der Waals surface area contributed by atoms with E-state index >= 15 is 0 Å². The summed E-state index contributed by atoms with van der Waals surface area (Å²) >= 11 is 4.64. The summed E-state index contributed by atoms with van der Waals surface area (Å²) in [6.07, 6.45) is 2.41. The third-order valence-electron chi connectivity index (χ3n) is 1.38. The molecule has 0 spiro atoms. The van der Waals surface area contributed by atoms with Gasteiger partial charge in [0, 0.05) is 0 Å². The topological polar surface area (TPSA) is 35.0 Å². The van der Waals surface area contributed by atoms with Gasteiger partial charge in [-0.2, -0.15) is 0 Å². The van der Waals surface area contributed by atoms with E-state index in [0.717, 1.165) is 16.8 Å². The summed E-state index contributed by atoms with van der Waals surface area (Å²) in [5.74, 6) is 0. The number of hydrogen-bond acceptors (Lipinski definition) is 4. The number of halogens is 1. The van der Waals surface area contributed by atoms with Crippen LogP contribution in [0.3, 0.4) is 0 Å². The zero-order valence-electron chi connectivity index (χ0n) is 7.08. The van der Waals surface area contributed by atoms with E-state index in [0.29, 0.717) is 5.19 Å². The van der Waals surface area contributed by atoms with Crippen molar-refractivity contribution in [2.75, 3.05) is 0 Å². The monoisotopic (exact) mass is 250 g/mol. The van der Waals surface area contributed by atoms with Gasteiger partial charge >= 0.3 is 0 Å². The molecule has 68 valence electrons. The minimum absolute atomic E-state index is 0.231. The molecule has 5 heteroatoms. The van der Waals surface area contributed by atoms with Gasteiger partial charge in [0.05, 0.1) is 6.10 Å². The molecule has 1 atom stereocenters. The van der Waals surface area contributed by atoms with Gasteiger partial charge in [0.25, 0.3) is 5.19 Å². The molecule has 0 N–H and O–H groups in total. The number of rotatable bonds is 4. The van der Waals surface area contributed by atoms with Crippen LogP contribution in [0.25, 0.3) is 0 Å². The Balaban J connectivity index is 2.41. The number of nitrogens with zero attached hydrogens (tertiary/aromatic N) is 2. The SMILES string of the molecule is CCCC(C)Oc1nnc(Br)s1. The highest BCUT2D eigenvalue weighted by atomic mass is 79.9. The van der Waals surface area contributed by atoms with Crippen LogP contribution in [-0.4, -0.2) is 16.3 Å². The Morgan fingerprint density at radius 1 is 1.58 bits per heavy atom. The van der Waals surface area contributed by atoms with Crippen molar-refractivity contribution in [3.05, 3.63) is 3.92 Å². The number of hydrogen-bond donors (Lipinski definition) is 0. The van der Waals surface area contributed by atoms with Crippen molar-refractivity contribution in [1.82, 2.24) is 10.2 Å². The van der Waals surface area contributed by atoms with Crippen molar-refractivity contribution >= 4 is 27.3 Å². The predicted molar refractivity (Wildman–Crippen MR) is 52.6 cm³/mol. The quantitative estimate of drug-likeness (QED) is 0.825. The molecule has 0 fully saturated rings. The van der Waals surface area contributed by atoms with E-state index in [1.807, 2.05) is 6.92 Å². The average molecular weight is 251 g/mol. The maximum Gasteiger partial charge on any atom is 0.295 e. The minimum atomic E-state index is 0.231. The molecule has 1 aromatic rings. The Hall–Kier alpha value is -0.160. The number of ether oxygens (including phenoxy) is 1. The molecule has 0 saturated carbocycles. The summed E-state index contributed by atoms with van der Waals surface area (Å²) in [5.41, 5.74) is 0. The molecule has 0 aliphatic carbocycles. The van der Waals surface area contributed by atoms with Crippen LogP contribution in [0.4, 0.5) is 0 Å². The van der Waals surface area contributed by atoms with Crippen LogP contribution >= 0.6 is 27.3 Å². The first-order chi connectivity index (χ1) is 5.72. The maximum absolute atomic E-state index is 5.49. The molecule has 0 aliphatic heterocycles. The van der Waals surface area contributed by atoms with Crippen LogP contribution in [0.1, 0.15) is 26.7 Å². The van der Waals surface area contributed by atoms with Crippen molar-refractivity contribution in [1.29, 1.82) is 0 Å². The van der Waals surface area contributed by atoms with Gasteiger partial charge in [-0.3, -0.25) is 0 Å². The minimum Gasteiger partial charge on any atom is -0.466 e. The molecule has 12 heavy (non-hydrogen) atoms. The summed E-state index contributed by atoms with van der Waals surface area (Å²) in [4.78, 5) is 0. The Bertz CT molecular complexity index is 241. The fourth-order valence-electron chi connectivity index (χ4n) is 0.878. The van der Waals surface area contributed by atoms with Gasteiger partial charge in [0.1, 0.15) is 0 Å². The maximum atomic E-state index is 5.49. The second-order valence-corrected chi connectivity index (χ2v) is 4.75. The second-order valence-electron chi connectivity index (χ2n) is 2.54. The molecule has 3 nitrogen and oxygen atoms in total. The first-order valence-electron chi connectivity index (χ1n) is 3.88. The van der Waals surface area contributed by atoms with Gasteiger partial charge in [-0.1, -0.05) is 18.4 Å². The lowest BCUT2D eigenvalue weighted by molar-refractivity contribution is 0.207. The molecule has 0 radical (unpaired) electrons. The zero-order chi connectivity index (χ0) is 8.97. The van der Waals surface area contributed by atoms with Gasteiger partial charge in [0.15, 0.2) is 3.92 Å².